The van der Waals surface area contributed by atoms with Crippen molar-refractivity contribution in [3.8, 4) is 0 Å². The number of aliphatic hydroxyl groups is 2. The molecule has 1 saturated heterocycles. The number of aryl methyl sites for hydroxylation is 1. The molecule has 328 valence electrons. The smallest absolute Gasteiger partial charge is 0.399 e. The predicted molar refractivity (Wildman–Crippen MR) is 206 cm³/mol. The van der Waals surface area contributed by atoms with Crippen molar-refractivity contribution in [1.82, 2.24) is 30.2 Å². The van der Waals surface area contributed by atoms with Crippen molar-refractivity contribution in [2.75, 3.05) is 43.5 Å². The summed E-state index contributed by atoms with van der Waals surface area (Å²) in [5.74, 6) is -1.15. The van der Waals surface area contributed by atoms with Crippen LogP contribution in [0.5, 0.6) is 0 Å². The minimum Gasteiger partial charge on any atom is -0.399 e. The number of amides is 2. The molecule has 0 saturated carbocycles. The van der Waals surface area contributed by atoms with E-state index in [-0.39, 0.29) is 41.6 Å². The zero-order valence-electron chi connectivity index (χ0n) is 31.4. The molecular weight excluding hydrogens is 869 g/mol. The first-order chi connectivity index (χ1) is 27.5. The normalized spacial score (nSPS) is 21.1. The molecule has 25 nitrogen and oxygen atoms in total. The molecule has 2 aromatic heterocycles. The summed E-state index contributed by atoms with van der Waals surface area (Å²) in [6, 6.07) is 7.18. The minimum absolute atomic E-state index is 0.0280. The number of imidazole rings is 1. The van der Waals surface area contributed by atoms with Crippen LogP contribution in [0.1, 0.15) is 38.5 Å². The largest absolute Gasteiger partial charge is 0.481 e. The first kappa shape index (κ1) is 48.2. The van der Waals surface area contributed by atoms with Crippen LogP contribution in [0.4, 0.5) is 11.5 Å². The van der Waals surface area contributed by atoms with Crippen molar-refractivity contribution in [1.29, 1.82) is 0 Å². The van der Waals surface area contributed by atoms with E-state index in [1.807, 2.05) is 12.1 Å². The highest BCUT2D eigenvalue weighted by atomic mass is 32.2. The standard InChI is InChI=1S/C30H45N8O17P3S/c1-30(2,25(42)28(43)34-10-9-20(39)33-11-12-59-21(40)8-5-17-3-6-18(31)7-4-17)14-52-58(49,50)55-57(47,48)51-13-19-24(54-56(44,45)46)23(41)29(53-19)38-16-37-22-26(32)35-15-36-27(22)38/h3-4,6-7,15-16,19,23-25,29,41-42H,5,8-14,31H2,1-2H3,(H,33,39)(H,34,43)(H,47,48)(H,49,50)(H2,32,35,36)(H2,44,45,46). The summed E-state index contributed by atoms with van der Waals surface area (Å²) in [7, 11) is -16.4. The Balaban J connectivity index is 1.19. The van der Waals surface area contributed by atoms with Crippen molar-refractivity contribution in [2.24, 2.45) is 5.41 Å². The van der Waals surface area contributed by atoms with Gasteiger partial charge >= 0.3 is 23.5 Å². The summed E-state index contributed by atoms with van der Waals surface area (Å²) in [6.45, 7) is 0.450. The maximum Gasteiger partial charge on any atom is 0.481 e. The van der Waals surface area contributed by atoms with E-state index < -0.39 is 84.6 Å². The Morgan fingerprint density at radius 1 is 0.983 bits per heavy atom. The molecule has 3 heterocycles. The van der Waals surface area contributed by atoms with Crippen LogP contribution < -0.4 is 22.1 Å². The molecular formula is C30H45N8O17P3S. The highest BCUT2D eigenvalue weighted by molar-refractivity contribution is 8.13. The lowest BCUT2D eigenvalue weighted by atomic mass is 9.87. The maximum atomic E-state index is 12.7. The van der Waals surface area contributed by atoms with Gasteiger partial charge in [0.25, 0.3) is 0 Å². The third kappa shape index (κ3) is 14.6. The molecule has 12 N–H and O–H groups in total. The third-order valence-electron chi connectivity index (χ3n) is 8.36. The van der Waals surface area contributed by atoms with Gasteiger partial charge in [0.15, 0.2) is 22.8 Å². The molecule has 59 heavy (non-hydrogen) atoms. The van der Waals surface area contributed by atoms with Gasteiger partial charge in [0.2, 0.25) is 11.8 Å². The van der Waals surface area contributed by atoms with Gasteiger partial charge in [-0.15, -0.1) is 0 Å². The number of nitrogens with zero attached hydrogens (tertiary/aromatic N) is 4. The molecule has 1 fully saturated rings. The van der Waals surface area contributed by atoms with E-state index in [1.54, 1.807) is 12.1 Å². The zero-order chi connectivity index (χ0) is 43.8. The molecule has 4 rings (SSSR count). The fourth-order valence-electron chi connectivity index (χ4n) is 5.30. The van der Waals surface area contributed by atoms with E-state index in [9.17, 15) is 57.9 Å². The second-order valence-electron chi connectivity index (χ2n) is 13.5. The number of benzene rings is 1. The summed E-state index contributed by atoms with van der Waals surface area (Å²) in [5, 5.41) is 26.4. The number of phosphoric acid groups is 3. The molecule has 1 aliphatic rings. The summed E-state index contributed by atoms with van der Waals surface area (Å²) >= 11 is 1.07. The zero-order valence-corrected chi connectivity index (χ0v) is 34.9. The lowest BCUT2D eigenvalue weighted by Gasteiger charge is -2.30. The van der Waals surface area contributed by atoms with Gasteiger partial charge in [-0.25, -0.2) is 28.6 Å². The Morgan fingerprint density at radius 2 is 1.66 bits per heavy atom. The SMILES string of the molecule is CC(C)(COP(=O)(O)OP(=O)(O)OCC1OC(n2cnc3c(N)ncnc32)C(O)C1OP(=O)(O)O)C(O)C(=O)NCCC(=O)NCCSC(=O)CCc1ccc(N)cc1. The molecule has 1 aliphatic heterocycles. The summed E-state index contributed by atoms with van der Waals surface area (Å²) in [6.07, 6.45) is -6.09. The Kier molecular flexibility index (Phi) is 16.7. The van der Waals surface area contributed by atoms with Gasteiger partial charge in [0.1, 0.15) is 36.3 Å². The minimum atomic E-state index is -5.58. The number of fused-ring (bicyclic) bond motifs is 1. The van der Waals surface area contributed by atoms with E-state index in [0.29, 0.717) is 24.3 Å². The topological polar surface area (TPSA) is 390 Å². The molecule has 0 radical (unpaired) electrons. The average molecular weight is 915 g/mol. The molecule has 7 unspecified atom stereocenters. The predicted octanol–water partition coefficient (Wildman–Crippen LogP) is -0.120. The first-order valence-corrected chi connectivity index (χ1v) is 22.9. The van der Waals surface area contributed by atoms with Gasteiger partial charge < -0.3 is 56.6 Å². The molecule has 0 spiro atoms. The van der Waals surface area contributed by atoms with E-state index in [1.165, 1.54) is 13.8 Å². The van der Waals surface area contributed by atoms with Crippen LogP contribution in [0.15, 0.2) is 36.9 Å². The van der Waals surface area contributed by atoms with Gasteiger partial charge in [-0.2, -0.15) is 4.31 Å². The van der Waals surface area contributed by atoms with Crippen LogP contribution >= 0.6 is 35.2 Å². The summed E-state index contributed by atoms with van der Waals surface area (Å²) in [5.41, 5.74) is 11.5. The van der Waals surface area contributed by atoms with Gasteiger partial charge in [0.05, 0.1) is 19.5 Å². The van der Waals surface area contributed by atoms with E-state index in [2.05, 4.69) is 34.4 Å². The number of carbonyl (C=O) groups excluding carboxylic acids is 3. The number of hydrogen-bond acceptors (Lipinski definition) is 19. The highest BCUT2D eigenvalue weighted by Gasteiger charge is 2.50. The van der Waals surface area contributed by atoms with Crippen LogP contribution in [0.25, 0.3) is 11.2 Å². The number of anilines is 2. The molecule has 7 atom stereocenters. The van der Waals surface area contributed by atoms with Crippen molar-refractivity contribution in [3.63, 3.8) is 0 Å². The molecule has 0 aliphatic carbocycles. The fraction of sp³-hybridized carbons (Fsp3) is 0.533. The Bertz CT molecular complexity index is 2090. The Hall–Kier alpha value is -3.42. The van der Waals surface area contributed by atoms with Crippen molar-refractivity contribution in [3.05, 3.63) is 42.5 Å². The number of phosphoric ester groups is 3. The Morgan fingerprint density at radius 3 is 2.34 bits per heavy atom. The van der Waals surface area contributed by atoms with E-state index >= 15 is 0 Å². The molecule has 1 aromatic carbocycles. The number of rotatable bonds is 22. The van der Waals surface area contributed by atoms with E-state index in [0.717, 1.165) is 34.5 Å². The molecule has 3 aromatic rings. The monoisotopic (exact) mass is 914 g/mol. The third-order valence-corrected chi connectivity index (χ3v) is 12.4. The average Bonchev–Trinajstić information content (AvgIpc) is 3.71. The number of aliphatic hydroxyl groups excluding tert-OH is 2. The van der Waals surface area contributed by atoms with Gasteiger partial charge in [-0.3, -0.25) is 32.5 Å². The molecule has 29 heteroatoms. The first-order valence-electron chi connectivity index (χ1n) is 17.4. The van der Waals surface area contributed by atoms with Crippen LogP contribution in [-0.2, 0) is 57.1 Å². The van der Waals surface area contributed by atoms with Crippen LogP contribution in [0.2, 0.25) is 0 Å². The quantitative estimate of drug-likeness (QED) is 0.0357. The van der Waals surface area contributed by atoms with Gasteiger partial charge in [-0.1, -0.05) is 37.7 Å². The number of aromatic nitrogens is 4. The summed E-state index contributed by atoms with van der Waals surface area (Å²) in [4.78, 5) is 87.9. The van der Waals surface area contributed by atoms with Crippen molar-refractivity contribution < 1.29 is 80.5 Å². The number of nitrogens with one attached hydrogen (secondary N) is 2. The molecule has 2 amide bonds. The van der Waals surface area contributed by atoms with Crippen molar-refractivity contribution in [2.45, 2.75) is 63.8 Å². The number of nitrogen functional groups attached to an aromatic ring is 2. The molecule has 0 bridgehead atoms. The van der Waals surface area contributed by atoms with Crippen LogP contribution in [0.3, 0.4) is 0 Å². The fourth-order valence-corrected chi connectivity index (χ4v) is 8.81. The number of hydrogen-bond donors (Lipinski definition) is 10. The van der Waals surface area contributed by atoms with Gasteiger partial charge in [0, 0.05) is 42.8 Å². The number of thioether (sulfide) groups is 1. The lowest BCUT2D eigenvalue weighted by Crippen LogP contribution is -2.46. The maximum absolute atomic E-state index is 12.7. The van der Waals surface area contributed by atoms with E-state index in [4.69, 9.17) is 25.3 Å². The number of carbonyl (C=O) groups is 3. The highest BCUT2D eigenvalue weighted by Crippen LogP contribution is 2.61. The van der Waals surface area contributed by atoms with Crippen molar-refractivity contribution >= 4 is 74.8 Å². The second-order valence-corrected chi connectivity index (χ2v) is 18.9. The van der Waals surface area contributed by atoms with Gasteiger partial charge in [-0.05, 0) is 24.1 Å². The van der Waals surface area contributed by atoms with Crippen LogP contribution in [-0.4, -0.2) is 123 Å². The Labute approximate surface area is 340 Å². The summed E-state index contributed by atoms with van der Waals surface area (Å²) < 4.78 is 62.2. The second kappa shape index (κ2) is 20.4. The number of ether oxygens (including phenoxy) is 1. The number of nitrogens with two attached hydrogens (primary N) is 2. The van der Waals surface area contributed by atoms with Crippen LogP contribution in [0, 0.1) is 5.41 Å². The lowest BCUT2D eigenvalue weighted by molar-refractivity contribution is -0.137.